The average molecular weight is 403 g/mol. The summed E-state index contributed by atoms with van der Waals surface area (Å²) in [7, 11) is 2.20. The van der Waals surface area contributed by atoms with Gasteiger partial charge in [0.15, 0.2) is 0 Å². The monoisotopic (exact) mass is 402 g/mol. The molecular weight excluding hydrogens is 372 g/mol. The number of benzene rings is 2. The summed E-state index contributed by atoms with van der Waals surface area (Å²) in [5.41, 5.74) is 3.49. The molecule has 0 aliphatic carbocycles. The summed E-state index contributed by atoms with van der Waals surface area (Å²) >= 11 is 0. The lowest BCUT2D eigenvalue weighted by Crippen LogP contribution is -2.47. The summed E-state index contributed by atoms with van der Waals surface area (Å²) in [6.07, 6.45) is 3.22. The maximum absolute atomic E-state index is 6.69. The van der Waals surface area contributed by atoms with Crippen LogP contribution in [0.5, 0.6) is 5.75 Å². The topological polar surface area (TPSA) is 28.9 Å². The molecule has 0 atom stereocenters. The van der Waals surface area contributed by atoms with Crippen molar-refractivity contribution in [2.45, 2.75) is 38.3 Å². The first kappa shape index (κ1) is 19.3. The van der Waals surface area contributed by atoms with E-state index in [1.165, 1.54) is 11.3 Å². The van der Waals surface area contributed by atoms with Crippen LogP contribution in [0.1, 0.15) is 30.6 Å². The summed E-state index contributed by atoms with van der Waals surface area (Å²) in [5, 5.41) is 0. The van der Waals surface area contributed by atoms with E-state index in [0.29, 0.717) is 0 Å². The van der Waals surface area contributed by atoms with Gasteiger partial charge in [0, 0.05) is 31.6 Å². The van der Waals surface area contributed by atoms with Crippen LogP contribution in [0, 0.1) is 6.92 Å². The Morgan fingerprint density at radius 2 is 1.70 bits per heavy atom. The van der Waals surface area contributed by atoms with Crippen molar-refractivity contribution in [3.05, 3.63) is 72.0 Å². The zero-order valence-electron chi connectivity index (χ0n) is 17.9. The second-order valence-electron chi connectivity index (χ2n) is 8.86. The number of fused-ring (bicyclic) bond motifs is 1. The molecule has 3 heterocycles. The van der Waals surface area contributed by atoms with Crippen molar-refractivity contribution in [1.82, 2.24) is 4.90 Å². The highest BCUT2D eigenvalue weighted by atomic mass is 16.5. The smallest absolute Gasteiger partial charge is 0.143 e. The van der Waals surface area contributed by atoms with Gasteiger partial charge in [0.05, 0.1) is 12.2 Å². The van der Waals surface area contributed by atoms with Crippen molar-refractivity contribution in [1.29, 1.82) is 0 Å². The maximum Gasteiger partial charge on any atom is 0.143 e. The van der Waals surface area contributed by atoms with E-state index < -0.39 is 0 Å². The van der Waals surface area contributed by atoms with Gasteiger partial charge in [-0.15, -0.1) is 0 Å². The van der Waals surface area contributed by atoms with Gasteiger partial charge in [0.25, 0.3) is 0 Å². The lowest BCUT2D eigenvalue weighted by molar-refractivity contribution is 0.00629. The van der Waals surface area contributed by atoms with Crippen molar-refractivity contribution in [2.75, 3.05) is 31.6 Å². The summed E-state index contributed by atoms with van der Waals surface area (Å²) in [6.45, 7) is 6.03. The minimum absolute atomic E-state index is 0.0484. The zero-order valence-corrected chi connectivity index (χ0v) is 17.9. The van der Waals surface area contributed by atoms with Crippen molar-refractivity contribution < 1.29 is 9.15 Å². The van der Waals surface area contributed by atoms with Gasteiger partial charge in [-0.05, 0) is 57.1 Å². The molecule has 2 aliphatic heterocycles. The van der Waals surface area contributed by atoms with Crippen molar-refractivity contribution in [3.8, 4) is 17.1 Å². The van der Waals surface area contributed by atoms with Crippen LogP contribution in [0.3, 0.4) is 0 Å². The molecule has 4 nitrogen and oxygen atoms in total. The van der Waals surface area contributed by atoms with Crippen LogP contribution in [0.2, 0.25) is 0 Å². The number of likely N-dealkylation sites (tertiary alicyclic amines) is 1. The van der Waals surface area contributed by atoms with Gasteiger partial charge in [0.2, 0.25) is 0 Å². The number of hydrogen-bond donors (Lipinski definition) is 0. The Balaban J connectivity index is 1.39. The number of para-hydroxylation sites is 2. The number of piperidine rings is 1. The van der Waals surface area contributed by atoms with Crippen LogP contribution in [0.15, 0.2) is 65.1 Å². The van der Waals surface area contributed by atoms with E-state index in [4.69, 9.17) is 9.15 Å². The molecule has 2 aliphatic rings. The van der Waals surface area contributed by atoms with Crippen LogP contribution in [-0.4, -0.2) is 37.2 Å². The minimum atomic E-state index is -0.0484. The molecule has 0 bridgehead atoms. The fraction of sp³-hybridized carbons (Fsp3) is 0.385. The molecule has 0 saturated carbocycles. The molecule has 0 amide bonds. The first-order valence-electron chi connectivity index (χ1n) is 11.0. The number of ether oxygens (including phenoxy) is 1. The van der Waals surface area contributed by atoms with Crippen molar-refractivity contribution in [3.63, 3.8) is 0 Å². The van der Waals surface area contributed by atoms with Crippen LogP contribution >= 0.6 is 0 Å². The molecule has 1 saturated heterocycles. The molecule has 0 unspecified atom stereocenters. The SMILES string of the molecule is Cc1cccc(-c2ccc(CN3CCC4(CCN(C)CC4)Oc4ccccc43)o2)c1. The maximum atomic E-state index is 6.69. The first-order valence-corrected chi connectivity index (χ1v) is 11.0. The normalized spacial score (nSPS) is 18.7. The summed E-state index contributed by atoms with van der Waals surface area (Å²) < 4.78 is 12.9. The molecule has 5 rings (SSSR count). The van der Waals surface area contributed by atoms with Gasteiger partial charge in [-0.3, -0.25) is 0 Å². The molecule has 1 fully saturated rings. The Morgan fingerprint density at radius 1 is 0.900 bits per heavy atom. The minimum Gasteiger partial charge on any atom is -0.485 e. The third-order valence-electron chi connectivity index (χ3n) is 6.58. The lowest BCUT2D eigenvalue weighted by atomic mass is 9.88. The molecule has 1 spiro atoms. The largest absolute Gasteiger partial charge is 0.485 e. The first-order chi connectivity index (χ1) is 14.6. The Hall–Kier alpha value is -2.72. The van der Waals surface area contributed by atoms with E-state index in [1.54, 1.807) is 0 Å². The van der Waals surface area contributed by atoms with Gasteiger partial charge >= 0.3 is 0 Å². The molecule has 1 aromatic heterocycles. The third-order valence-corrected chi connectivity index (χ3v) is 6.58. The van der Waals surface area contributed by atoms with E-state index in [1.807, 2.05) is 0 Å². The van der Waals surface area contributed by atoms with Crippen LogP contribution < -0.4 is 9.64 Å². The number of aryl methyl sites for hydroxylation is 1. The summed E-state index contributed by atoms with van der Waals surface area (Å²) in [6, 6.07) is 21.1. The van der Waals surface area contributed by atoms with Crippen molar-refractivity contribution in [2.24, 2.45) is 0 Å². The Morgan fingerprint density at radius 3 is 2.53 bits per heavy atom. The van der Waals surface area contributed by atoms with Gasteiger partial charge in [-0.2, -0.15) is 0 Å². The Labute approximate surface area is 179 Å². The number of rotatable bonds is 3. The molecule has 2 aromatic carbocycles. The second kappa shape index (κ2) is 7.84. The second-order valence-corrected chi connectivity index (χ2v) is 8.86. The van der Waals surface area contributed by atoms with E-state index in [-0.39, 0.29) is 5.60 Å². The fourth-order valence-electron chi connectivity index (χ4n) is 4.69. The molecule has 0 N–H and O–H groups in total. The number of furan rings is 1. The van der Waals surface area contributed by atoms with Gasteiger partial charge in [-0.25, -0.2) is 0 Å². The highest BCUT2D eigenvalue weighted by Gasteiger charge is 2.39. The zero-order chi connectivity index (χ0) is 20.6. The number of anilines is 1. The molecule has 30 heavy (non-hydrogen) atoms. The highest BCUT2D eigenvalue weighted by molar-refractivity contribution is 5.61. The highest BCUT2D eigenvalue weighted by Crippen LogP contribution is 2.41. The van der Waals surface area contributed by atoms with E-state index in [9.17, 15) is 0 Å². The van der Waals surface area contributed by atoms with Gasteiger partial charge in [-0.1, -0.05) is 35.9 Å². The molecular formula is C26H30N2O2. The molecule has 4 heteroatoms. The van der Waals surface area contributed by atoms with E-state index >= 15 is 0 Å². The van der Waals surface area contributed by atoms with Crippen molar-refractivity contribution >= 4 is 5.69 Å². The van der Waals surface area contributed by atoms with Crippen LogP contribution in [0.25, 0.3) is 11.3 Å². The molecule has 156 valence electrons. The van der Waals surface area contributed by atoms with Gasteiger partial charge in [0.1, 0.15) is 22.9 Å². The number of hydrogen-bond acceptors (Lipinski definition) is 4. The number of nitrogens with zero attached hydrogens (tertiary/aromatic N) is 2. The van der Waals surface area contributed by atoms with Crippen LogP contribution in [-0.2, 0) is 6.54 Å². The predicted octanol–water partition coefficient (Wildman–Crippen LogP) is 5.51. The molecule has 3 aromatic rings. The Bertz CT molecular complexity index is 1020. The third kappa shape index (κ3) is 3.84. The van der Waals surface area contributed by atoms with E-state index in [2.05, 4.69) is 84.4 Å². The molecule has 0 radical (unpaired) electrons. The Kier molecular flexibility index (Phi) is 5.03. The average Bonchev–Trinajstić information content (AvgIpc) is 3.17. The van der Waals surface area contributed by atoms with E-state index in [0.717, 1.165) is 68.3 Å². The van der Waals surface area contributed by atoms with Gasteiger partial charge < -0.3 is 19.0 Å². The summed E-state index contributed by atoms with van der Waals surface area (Å²) in [4.78, 5) is 4.82. The lowest BCUT2D eigenvalue weighted by Gasteiger charge is -2.40. The standard InChI is InChI=1S/C26H30N2O2/c1-20-6-5-7-21(18-20)24-11-10-22(29-24)19-28-17-14-26(12-15-27(2)16-13-26)30-25-9-4-3-8-23(25)28/h3-11,18H,12-17,19H2,1-2H3. The fourth-order valence-corrected chi connectivity index (χ4v) is 4.69. The summed E-state index contributed by atoms with van der Waals surface area (Å²) in [5.74, 6) is 2.92. The van der Waals surface area contributed by atoms with Crippen LogP contribution in [0.4, 0.5) is 5.69 Å². The quantitative estimate of drug-likeness (QED) is 0.578. The predicted molar refractivity (Wildman–Crippen MR) is 121 cm³/mol.